The Balaban J connectivity index is 2.35. The second-order valence-electron chi connectivity index (χ2n) is 3.33. The Bertz CT molecular complexity index is 538. The van der Waals surface area contributed by atoms with E-state index >= 15 is 0 Å². The Labute approximate surface area is 112 Å². The molecule has 0 spiro atoms. The molecule has 0 saturated carbocycles. The standard InChI is InChI=1S/C13H8BrClO2/c14-10-4-6-11(7-5-10)17-13-9(8-16)2-1-3-12(13)15/h1-8H. The molecule has 0 fully saturated rings. The number of para-hydroxylation sites is 1. The molecule has 0 bridgehead atoms. The van der Waals surface area contributed by atoms with Gasteiger partial charge in [0.1, 0.15) is 5.75 Å². The minimum absolute atomic E-state index is 0.381. The summed E-state index contributed by atoms with van der Waals surface area (Å²) in [5.41, 5.74) is 0.431. The molecule has 2 rings (SSSR count). The maximum atomic E-state index is 10.9. The number of halogens is 2. The predicted molar refractivity (Wildman–Crippen MR) is 71.1 cm³/mol. The highest BCUT2D eigenvalue weighted by Crippen LogP contribution is 2.32. The van der Waals surface area contributed by atoms with Gasteiger partial charge in [-0.15, -0.1) is 0 Å². The zero-order valence-corrected chi connectivity index (χ0v) is 11.0. The molecule has 86 valence electrons. The van der Waals surface area contributed by atoms with Crippen molar-refractivity contribution in [1.82, 2.24) is 0 Å². The van der Waals surface area contributed by atoms with E-state index in [1.165, 1.54) is 0 Å². The first kappa shape index (κ1) is 12.1. The van der Waals surface area contributed by atoms with E-state index in [1.54, 1.807) is 30.3 Å². The van der Waals surface area contributed by atoms with Gasteiger partial charge in [0, 0.05) is 4.47 Å². The molecule has 0 N–H and O–H groups in total. The van der Waals surface area contributed by atoms with Crippen LogP contribution in [0.25, 0.3) is 0 Å². The average molecular weight is 312 g/mol. The molecule has 0 aliphatic heterocycles. The van der Waals surface area contributed by atoms with Crippen molar-refractivity contribution >= 4 is 33.8 Å². The molecule has 0 aliphatic rings. The lowest BCUT2D eigenvalue weighted by atomic mass is 10.2. The zero-order valence-electron chi connectivity index (χ0n) is 8.69. The van der Waals surface area contributed by atoms with Gasteiger partial charge in [-0.3, -0.25) is 4.79 Å². The first-order valence-corrected chi connectivity index (χ1v) is 6.05. The fourth-order valence-electron chi connectivity index (χ4n) is 1.35. The largest absolute Gasteiger partial charge is 0.455 e. The summed E-state index contributed by atoms with van der Waals surface area (Å²) in [5, 5.41) is 0.414. The van der Waals surface area contributed by atoms with E-state index in [4.69, 9.17) is 16.3 Å². The van der Waals surface area contributed by atoms with Crippen molar-refractivity contribution in [2.45, 2.75) is 0 Å². The Morgan fingerprint density at radius 1 is 1.12 bits per heavy atom. The Morgan fingerprint density at radius 3 is 2.47 bits per heavy atom. The fraction of sp³-hybridized carbons (Fsp3) is 0. The monoisotopic (exact) mass is 310 g/mol. The van der Waals surface area contributed by atoms with E-state index < -0.39 is 0 Å². The van der Waals surface area contributed by atoms with Crippen molar-refractivity contribution < 1.29 is 9.53 Å². The number of aldehydes is 1. The van der Waals surface area contributed by atoms with E-state index in [2.05, 4.69) is 15.9 Å². The van der Waals surface area contributed by atoms with E-state index in [0.29, 0.717) is 22.1 Å². The molecule has 4 heteroatoms. The average Bonchev–Trinajstić information content (AvgIpc) is 2.34. The van der Waals surface area contributed by atoms with Crippen LogP contribution in [-0.4, -0.2) is 6.29 Å². The quantitative estimate of drug-likeness (QED) is 0.768. The number of rotatable bonds is 3. The van der Waals surface area contributed by atoms with Crippen LogP contribution >= 0.6 is 27.5 Å². The molecule has 0 radical (unpaired) electrons. The lowest BCUT2D eigenvalue weighted by molar-refractivity contribution is 0.112. The SMILES string of the molecule is O=Cc1cccc(Cl)c1Oc1ccc(Br)cc1. The summed E-state index contributed by atoms with van der Waals surface area (Å²) in [6.45, 7) is 0. The van der Waals surface area contributed by atoms with Crippen LogP contribution in [0.15, 0.2) is 46.9 Å². The van der Waals surface area contributed by atoms with Gasteiger partial charge in [-0.25, -0.2) is 0 Å². The molecule has 2 aromatic carbocycles. The van der Waals surface area contributed by atoms with Gasteiger partial charge in [0.15, 0.2) is 12.0 Å². The van der Waals surface area contributed by atoms with Crippen molar-refractivity contribution in [1.29, 1.82) is 0 Å². The summed E-state index contributed by atoms with van der Waals surface area (Å²) >= 11 is 9.33. The zero-order chi connectivity index (χ0) is 12.3. The lowest BCUT2D eigenvalue weighted by Crippen LogP contribution is -1.91. The topological polar surface area (TPSA) is 26.3 Å². The molecule has 2 nitrogen and oxygen atoms in total. The van der Waals surface area contributed by atoms with Crippen LogP contribution in [0.1, 0.15) is 10.4 Å². The molecule has 0 aromatic heterocycles. The van der Waals surface area contributed by atoms with E-state index in [0.717, 1.165) is 10.8 Å². The number of carbonyl (C=O) groups is 1. The van der Waals surface area contributed by atoms with E-state index in [-0.39, 0.29) is 0 Å². The summed E-state index contributed by atoms with van der Waals surface area (Å²) in [7, 11) is 0. The summed E-state index contributed by atoms with van der Waals surface area (Å²) < 4.78 is 6.56. The van der Waals surface area contributed by atoms with Gasteiger partial charge in [-0.05, 0) is 36.4 Å². The van der Waals surface area contributed by atoms with Gasteiger partial charge in [-0.2, -0.15) is 0 Å². The number of carbonyl (C=O) groups excluding carboxylic acids is 1. The van der Waals surface area contributed by atoms with Crippen LogP contribution in [0, 0.1) is 0 Å². The highest BCUT2D eigenvalue weighted by molar-refractivity contribution is 9.10. The van der Waals surface area contributed by atoms with Crippen LogP contribution in [0.5, 0.6) is 11.5 Å². The molecule has 0 amide bonds. The Kier molecular flexibility index (Phi) is 3.82. The smallest absolute Gasteiger partial charge is 0.156 e. The van der Waals surface area contributed by atoms with Gasteiger partial charge < -0.3 is 4.74 Å². The molecular weight excluding hydrogens is 303 g/mol. The summed E-state index contributed by atoms with van der Waals surface area (Å²) in [4.78, 5) is 10.9. The minimum Gasteiger partial charge on any atom is -0.455 e. The molecule has 0 atom stereocenters. The summed E-state index contributed by atoms with van der Waals surface area (Å²) in [6.07, 6.45) is 0.722. The predicted octanol–water partition coefficient (Wildman–Crippen LogP) is 4.71. The van der Waals surface area contributed by atoms with Crippen LogP contribution in [0.2, 0.25) is 5.02 Å². The van der Waals surface area contributed by atoms with Crippen LogP contribution < -0.4 is 4.74 Å². The molecule has 17 heavy (non-hydrogen) atoms. The molecule has 0 unspecified atom stereocenters. The first-order valence-electron chi connectivity index (χ1n) is 4.88. The maximum Gasteiger partial charge on any atom is 0.156 e. The van der Waals surface area contributed by atoms with Gasteiger partial charge in [0.2, 0.25) is 0 Å². The van der Waals surface area contributed by atoms with Crippen molar-refractivity contribution in [3.63, 3.8) is 0 Å². The van der Waals surface area contributed by atoms with Gasteiger partial charge in [0.05, 0.1) is 10.6 Å². The van der Waals surface area contributed by atoms with Crippen molar-refractivity contribution in [3.05, 3.63) is 57.5 Å². The van der Waals surface area contributed by atoms with Crippen LogP contribution in [0.4, 0.5) is 0 Å². The summed E-state index contributed by atoms with van der Waals surface area (Å²) in [6, 6.07) is 12.3. The number of hydrogen-bond acceptors (Lipinski definition) is 2. The van der Waals surface area contributed by atoms with Gasteiger partial charge in [0.25, 0.3) is 0 Å². The van der Waals surface area contributed by atoms with Crippen molar-refractivity contribution in [2.75, 3.05) is 0 Å². The molecule has 0 aliphatic carbocycles. The lowest BCUT2D eigenvalue weighted by Gasteiger charge is -2.09. The number of hydrogen-bond donors (Lipinski definition) is 0. The summed E-state index contributed by atoms with van der Waals surface area (Å²) in [5.74, 6) is 1.01. The first-order chi connectivity index (χ1) is 8.20. The van der Waals surface area contributed by atoms with Gasteiger partial charge in [-0.1, -0.05) is 33.6 Å². The third kappa shape index (κ3) is 2.87. The fourth-order valence-corrected chi connectivity index (χ4v) is 1.83. The van der Waals surface area contributed by atoms with Gasteiger partial charge >= 0.3 is 0 Å². The maximum absolute atomic E-state index is 10.9. The third-order valence-corrected chi connectivity index (χ3v) is 2.98. The molecule has 0 heterocycles. The normalized spacial score (nSPS) is 10.0. The van der Waals surface area contributed by atoms with Crippen LogP contribution in [0.3, 0.4) is 0 Å². The van der Waals surface area contributed by atoms with E-state index in [1.807, 2.05) is 12.1 Å². The second-order valence-corrected chi connectivity index (χ2v) is 4.65. The third-order valence-electron chi connectivity index (χ3n) is 2.16. The minimum atomic E-state index is 0.381. The van der Waals surface area contributed by atoms with Crippen molar-refractivity contribution in [3.8, 4) is 11.5 Å². The molecule has 0 saturated heterocycles. The number of ether oxygens (including phenoxy) is 1. The Morgan fingerprint density at radius 2 is 1.82 bits per heavy atom. The molecular formula is C13H8BrClO2. The van der Waals surface area contributed by atoms with Crippen molar-refractivity contribution in [2.24, 2.45) is 0 Å². The second kappa shape index (κ2) is 5.34. The Hall–Kier alpha value is -1.32. The van der Waals surface area contributed by atoms with E-state index in [9.17, 15) is 4.79 Å². The molecule has 2 aromatic rings. The van der Waals surface area contributed by atoms with Crippen LogP contribution in [-0.2, 0) is 0 Å². The highest BCUT2D eigenvalue weighted by Gasteiger charge is 2.08. The number of benzene rings is 2. The highest BCUT2D eigenvalue weighted by atomic mass is 79.9.